The lowest BCUT2D eigenvalue weighted by Crippen LogP contribution is -1.92. The van der Waals surface area contributed by atoms with Crippen molar-refractivity contribution in [3.05, 3.63) is 24.4 Å². The molecule has 0 spiro atoms. The van der Waals surface area contributed by atoms with Gasteiger partial charge in [-0.25, -0.2) is 9.97 Å². The number of nitrogens with zero attached hydrogens (tertiary/aromatic N) is 4. The van der Waals surface area contributed by atoms with Crippen LogP contribution < -0.4 is 0 Å². The summed E-state index contributed by atoms with van der Waals surface area (Å²) >= 11 is 0. The fourth-order valence-corrected chi connectivity index (χ4v) is 1.89. The molecule has 0 amide bonds. The molecule has 5 nitrogen and oxygen atoms in total. The highest BCUT2D eigenvalue weighted by Crippen LogP contribution is 2.57. The highest BCUT2D eigenvalue weighted by atomic mass is 15.2. The maximum Gasteiger partial charge on any atom is 0.201 e. The van der Waals surface area contributed by atoms with Gasteiger partial charge in [-0.3, -0.25) is 10.1 Å². The molecule has 0 saturated heterocycles. The van der Waals surface area contributed by atoms with E-state index in [0.29, 0.717) is 22.9 Å². The highest BCUT2D eigenvalue weighted by molar-refractivity contribution is 5.46. The highest BCUT2D eigenvalue weighted by Gasteiger charge is 2.48. The van der Waals surface area contributed by atoms with Crippen molar-refractivity contribution in [1.82, 2.24) is 25.1 Å². The van der Waals surface area contributed by atoms with Crippen molar-refractivity contribution < 1.29 is 0 Å². The summed E-state index contributed by atoms with van der Waals surface area (Å²) in [5.41, 5.74) is 1.07. The summed E-state index contributed by atoms with van der Waals surface area (Å²) in [5, 5.41) is 7.17. The molecular formula is C11H13N5. The zero-order valence-electron chi connectivity index (χ0n) is 9.31. The third-order valence-electron chi connectivity index (χ3n) is 3.14. The largest absolute Gasteiger partial charge is 0.262 e. The summed E-state index contributed by atoms with van der Waals surface area (Å²) in [7, 11) is 0. The van der Waals surface area contributed by atoms with Gasteiger partial charge < -0.3 is 0 Å². The number of H-pyrrole nitrogens is 1. The molecule has 0 aliphatic heterocycles. The summed E-state index contributed by atoms with van der Waals surface area (Å²) in [4.78, 5) is 12.6. The SMILES string of the molecule is CC1(C)CC1c1nc(-c2cnccn2)n[nH]1. The van der Waals surface area contributed by atoms with E-state index in [9.17, 15) is 0 Å². The Balaban J connectivity index is 1.89. The summed E-state index contributed by atoms with van der Waals surface area (Å²) in [5.74, 6) is 2.10. The number of hydrogen-bond acceptors (Lipinski definition) is 4. The number of nitrogens with one attached hydrogen (secondary N) is 1. The van der Waals surface area contributed by atoms with Crippen LogP contribution in [0.2, 0.25) is 0 Å². The summed E-state index contributed by atoms with van der Waals surface area (Å²) in [6.45, 7) is 4.48. The molecule has 0 bridgehead atoms. The van der Waals surface area contributed by atoms with Crippen molar-refractivity contribution in [1.29, 1.82) is 0 Å². The van der Waals surface area contributed by atoms with Gasteiger partial charge in [0.2, 0.25) is 5.82 Å². The standard InChI is InChI=1S/C11H13N5/c1-11(2)5-7(11)9-14-10(16-15-9)8-6-12-3-4-13-8/h3-4,6-7H,5H2,1-2H3,(H,14,15,16). The lowest BCUT2D eigenvalue weighted by Gasteiger charge is -1.97. The van der Waals surface area contributed by atoms with Crippen molar-refractivity contribution in [2.45, 2.75) is 26.2 Å². The molecule has 1 saturated carbocycles. The van der Waals surface area contributed by atoms with Gasteiger partial charge >= 0.3 is 0 Å². The molecule has 0 radical (unpaired) electrons. The van der Waals surface area contributed by atoms with Gasteiger partial charge in [0.05, 0.1) is 6.20 Å². The first-order valence-corrected chi connectivity index (χ1v) is 5.35. The van der Waals surface area contributed by atoms with Crippen LogP contribution in [0.5, 0.6) is 0 Å². The van der Waals surface area contributed by atoms with E-state index in [4.69, 9.17) is 0 Å². The van der Waals surface area contributed by atoms with Crippen LogP contribution in [0.3, 0.4) is 0 Å². The predicted molar refractivity (Wildman–Crippen MR) is 58.5 cm³/mol. The van der Waals surface area contributed by atoms with Crippen molar-refractivity contribution in [3.8, 4) is 11.5 Å². The number of hydrogen-bond donors (Lipinski definition) is 1. The Labute approximate surface area is 93.4 Å². The topological polar surface area (TPSA) is 67.3 Å². The number of aromatic nitrogens is 5. The van der Waals surface area contributed by atoms with E-state index in [1.165, 1.54) is 6.42 Å². The summed E-state index contributed by atoms with van der Waals surface area (Å²) in [6.07, 6.45) is 6.13. The molecule has 16 heavy (non-hydrogen) atoms. The average Bonchev–Trinajstić information content (AvgIpc) is 2.76. The zero-order chi connectivity index (χ0) is 11.2. The maximum atomic E-state index is 4.47. The van der Waals surface area contributed by atoms with Crippen LogP contribution in [0, 0.1) is 5.41 Å². The lowest BCUT2D eigenvalue weighted by atomic mass is 10.1. The van der Waals surface area contributed by atoms with Crippen molar-refractivity contribution in [2.24, 2.45) is 5.41 Å². The van der Waals surface area contributed by atoms with Crippen LogP contribution in [0.25, 0.3) is 11.5 Å². The van der Waals surface area contributed by atoms with Gasteiger partial charge in [-0.1, -0.05) is 13.8 Å². The van der Waals surface area contributed by atoms with Crippen molar-refractivity contribution in [2.75, 3.05) is 0 Å². The predicted octanol–water partition coefficient (Wildman–Crippen LogP) is 1.78. The third-order valence-corrected chi connectivity index (χ3v) is 3.14. The first-order valence-electron chi connectivity index (χ1n) is 5.35. The van der Waals surface area contributed by atoms with E-state index in [1.54, 1.807) is 18.6 Å². The minimum Gasteiger partial charge on any atom is -0.262 e. The van der Waals surface area contributed by atoms with Crippen molar-refractivity contribution in [3.63, 3.8) is 0 Å². The molecule has 1 atom stereocenters. The average molecular weight is 215 g/mol. The Morgan fingerprint density at radius 2 is 2.19 bits per heavy atom. The molecule has 3 rings (SSSR count). The van der Waals surface area contributed by atoms with Crippen LogP contribution in [-0.2, 0) is 0 Å². The molecule has 0 aromatic carbocycles. The van der Waals surface area contributed by atoms with E-state index in [-0.39, 0.29) is 0 Å². The normalized spacial score (nSPS) is 22.0. The lowest BCUT2D eigenvalue weighted by molar-refractivity contribution is 0.609. The van der Waals surface area contributed by atoms with Gasteiger partial charge in [-0.2, -0.15) is 5.10 Å². The second-order valence-electron chi connectivity index (χ2n) is 4.88. The first kappa shape index (κ1) is 9.45. The Morgan fingerprint density at radius 3 is 2.81 bits per heavy atom. The molecule has 1 N–H and O–H groups in total. The fraction of sp³-hybridized carbons (Fsp3) is 0.455. The van der Waals surface area contributed by atoms with E-state index in [0.717, 1.165) is 5.82 Å². The Morgan fingerprint density at radius 1 is 1.38 bits per heavy atom. The molecule has 1 fully saturated rings. The monoisotopic (exact) mass is 215 g/mol. The van der Waals surface area contributed by atoms with Crippen LogP contribution in [-0.4, -0.2) is 25.1 Å². The zero-order valence-corrected chi connectivity index (χ0v) is 9.31. The van der Waals surface area contributed by atoms with Gasteiger partial charge in [-0.05, 0) is 11.8 Å². The summed E-state index contributed by atoms with van der Waals surface area (Å²) < 4.78 is 0. The van der Waals surface area contributed by atoms with Crippen LogP contribution >= 0.6 is 0 Å². The minimum atomic E-state index is 0.360. The summed E-state index contributed by atoms with van der Waals surface area (Å²) in [6, 6.07) is 0. The molecule has 1 aliphatic rings. The second kappa shape index (κ2) is 3.10. The molecule has 2 heterocycles. The molecule has 82 valence electrons. The Bertz CT molecular complexity index is 502. The van der Waals surface area contributed by atoms with E-state index < -0.39 is 0 Å². The molecule has 2 aromatic heterocycles. The van der Waals surface area contributed by atoms with Crippen molar-refractivity contribution >= 4 is 0 Å². The van der Waals surface area contributed by atoms with Gasteiger partial charge in [0.15, 0.2) is 0 Å². The first-order chi connectivity index (χ1) is 7.67. The van der Waals surface area contributed by atoms with E-state index in [2.05, 4.69) is 39.0 Å². The third kappa shape index (κ3) is 1.48. The number of rotatable bonds is 2. The van der Waals surface area contributed by atoms with Gasteiger partial charge in [0.25, 0.3) is 0 Å². The van der Waals surface area contributed by atoms with E-state index in [1.807, 2.05) is 0 Å². The van der Waals surface area contributed by atoms with E-state index >= 15 is 0 Å². The van der Waals surface area contributed by atoms with Gasteiger partial charge in [-0.15, -0.1) is 0 Å². The van der Waals surface area contributed by atoms with Crippen LogP contribution in [0.4, 0.5) is 0 Å². The smallest absolute Gasteiger partial charge is 0.201 e. The Hall–Kier alpha value is -1.78. The van der Waals surface area contributed by atoms with Crippen LogP contribution in [0.1, 0.15) is 32.0 Å². The molecular weight excluding hydrogens is 202 g/mol. The second-order valence-corrected chi connectivity index (χ2v) is 4.88. The quantitative estimate of drug-likeness (QED) is 0.829. The number of aromatic amines is 1. The fourth-order valence-electron chi connectivity index (χ4n) is 1.89. The molecule has 1 aliphatic carbocycles. The molecule has 2 aromatic rings. The van der Waals surface area contributed by atoms with Gasteiger partial charge in [0, 0.05) is 18.3 Å². The molecule has 5 heteroatoms. The Kier molecular flexibility index (Phi) is 1.83. The minimum absolute atomic E-state index is 0.360. The molecule has 1 unspecified atom stereocenters. The van der Waals surface area contributed by atoms with Gasteiger partial charge in [0.1, 0.15) is 11.5 Å². The van der Waals surface area contributed by atoms with Crippen LogP contribution in [0.15, 0.2) is 18.6 Å². The maximum absolute atomic E-state index is 4.47.